The van der Waals surface area contributed by atoms with Crippen LogP contribution in [0.1, 0.15) is 19.3 Å². The molecule has 1 aromatic carbocycles. The van der Waals surface area contributed by atoms with Gasteiger partial charge in [0.1, 0.15) is 11.9 Å². The predicted molar refractivity (Wildman–Crippen MR) is 67.4 cm³/mol. The second kappa shape index (κ2) is 5.04. The first-order chi connectivity index (χ1) is 9.32. The smallest absolute Gasteiger partial charge is 0.311 e. The van der Waals surface area contributed by atoms with E-state index in [1.54, 1.807) is 0 Å². The van der Waals surface area contributed by atoms with Crippen LogP contribution in [0, 0.1) is 15.9 Å². The lowest BCUT2D eigenvalue weighted by Gasteiger charge is -2.19. The van der Waals surface area contributed by atoms with E-state index in [9.17, 15) is 19.3 Å². The Balaban J connectivity index is 2.18. The SMILES string of the molecule is NC(=O)C1(N)CCC(Oc2cc(F)ccc2[N+](=O)[O-])C1. The largest absolute Gasteiger partial charge is 0.483 e. The number of amides is 1. The van der Waals surface area contributed by atoms with Gasteiger partial charge in [0.05, 0.1) is 10.5 Å². The molecule has 1 amide bonds. The van der Waals surface area contributed by atoms with E-state index in [1.165, 1.54) is 0 Å². The number of rotatable bonds is 4. The highest BCUT2D eigenvalue weighted by molar-refractivity contribution is 5.84. The summed E-state index contributed by atoms with van der Waals surface area (Å²) in [7, 11) is 0. The van der Waals surface area contributed by atoms with Crippen LogP contribution in [0.5, 0.6) is 5.75 Å². The molecule has 0 aromatic heterocycles. The number of nitro benzene ring substituents is 1. The van der Waals surface area contributed by atoms with Crippen LogP contribution >= 0.6 is 0 Å². The molecule has 4 N–H and O–H groups in total. The summed E-state index contributed by atoms with van der Waals surface area (Å²) >= 11 is 0. The molecule has 0 saturated heterocycles. The maximum atomic E-state index is 13.2. The first kappa shape index (κ1) is 14.2. The molecule has 0 aliphatic heterocycles. The summed E-state index contributed by atoms with van der Waals surface area (Å²) in [4.78, 5) is 21.4. The van der Waals surface area contributed by atoms with Crippen molar-refractivity contribution in [1.29, 1.82) is 0 Å². The van der Waals surface area contributed by atoms with Crippen molar-refractivity contribution in [2.75, 3.05) is 0 Å². The summed E-state index contributed by atoms with van der Waals surface area (Å²) in [6.45, 7) is 0. The van der Waals surface area contributed by atoms with Gasteiger partial charge in [0, 0.05) is 18.6 Å². The van der Waals surface area contributed by atoms with Crippen molar-refractivity contribution in [2.24, 2.45) is 11.5 Å². The van der Waals surface area contributed by atoms with Gasteiger partial charge in [-0.05, 0) is 18.9 Å². The number of nitro groups is 1. The second-order valence-electron chi connectivity index (χ2n) is 4.87. The molecule has 1 fully saturated rings. The fraction of sp³-hybridized carbons (Fsp3) is 0.417. The van der Waals surface area contributed by atoms with Crippen molar-refractivity contribution in [2.45, 2.75) is 30.9 Å². The van der Waals surface area contributed by atoms with Crippen molar-refractivity contribution in [1.82, 2.24) is 0 Å². The average Bonchev–Trinajstić information content (AvgIpc) is 2.72. The van der Waals surface area contributed by atoms with E-state index in [4.69, 9.17) is 16.2 Å². The summed E-state index contributed by atoms with van der Waals surface area (Å²) in [6.07, 6.45) is 0.396. The third-order valence-corrected chi connectivity index (χ3v) is 3.41. The van der Waals surface area contributed by atoms with Gasteiger partial charge >= 0.3 is 5.69 Å². The lowest BCUT2D eigenvalue weighted by Crippen LogP contribution is -2.50. The summed E-state index contributed by atoms with van der Waals surface area (Å²) in [5, 5.41) is 10.8. The van der Waals surface area contributed by atoms with Crippen molar-refractivity contribution >= 4 is 11.6 Å². The molecule has 2 rings (SSSR count). The molecular formula is C12H14FN3O4. The minimum absolute atomic E-state index is 0.149. The predicted octanol–water partition coefficient (Wildman–Crippen LogP) is 0.848. The molecule has 1 saturated carbocycles. The second-order valence-corrected chi connectivity index (χ2v) is 4.87. The van der Waals surface area contributed by atoms with Gasteiger partial charge in [-0.25, -0.2) is 4.39 Å². The monoisotopic (exact) mass is 283 g/mol. The zero-order chi connectivity index (χ0) is 14.9. The van der Waals surface area contributed by atoms with Crippen LogP contribution in [-0.2, 0) is 4.79 Å². The Labute approximate surface area is 113 Å². The Morgan fingerprint density at radius 1 is 1.55 bits per heavy atom. The summed E-state index contributed by atoms with van der Waals surface area (Å²) in [6, 6.07) is 2.96. The van der Waals surface area contributed by atoms with Crippen LogP contribution in [0.3, 0.4) is 0 Å². The number of primary amides is 1. The molecule has 0 heterocycles. The van der Waals surface area contributed by atoms with E-state index in [-0.39, 0.29) is 17.9 Å². The van der Waals surface area contributed by atoms with Gasteiger partial charge < -0.3 is 16.2 Å². The van der Waals surface area contributed by atoms with Crippen LogP contribution in [0.2, 0.25) is 0 Å². The van der Waals surface area contributed by atoms with Gasteiger partial charge in [0.2, 0.25) is 5.91 Å². The van der Waals surface area contributed by atoms with Gasteiger partial charge in [-0.1, -0.05) is 0 Å². The maximum absolute atomic E-state index is 13.2. The molecule has 0 radical (unpaired) electrons. The van der Waals surface area contributed by atoms with Crippen LogP contribution in [0.25, 0.3) is 0 Å². The highest BCUT2D eigenvalue weighted by Crippen LogP contribution is 2.34. The maximum Gasteiger partial charge on any atom is 0.311 e. The van der Waals surface area contributed by atoms with Crippen LogP contribution < -0.4 is 16.2 Å². The topological polar surface area (TPSA) is 121 Å². The Bertz CT molecular complexity index is 566. The molecule has 1 aliphatic rings. The van der Waals surface area contributed by atoms with Crippen molar-refractivity contribution in [3.05, 3.63) is 34.1 Å². The van der Waals surface area contributed by atoms with Crippen molar-refractivity contribution in [3.63, 3.8) is 0 Å². The van der Waals surface area contributed by atoms with E-state index in [0.29, 0.717) is 12.8 Å². The molecule has 0 bridgehead atoms. The Morgan fingerprint density at radius 3 is 2.80 bits per heavy atom. The standard InChI is InChI=1S/C12H14FN3O4/c13-7-1-2-9(16(18)19)10(5-7)20-8-3-4-12(15,6-8)11(14)17/h1-2,5,8H,3-4,6,15H2,(H2,14,17). The van der Waals surface area contributed by atoms with Gasteiger partial charge in [-0.15, -0.1) is 0 Å². The Kier molecular flexibility index (Phi) is 3.58. The number of nitrogens with two attached hydrogens (primary N) is 2. The Morgan fingerprint density at radius 2 is 2.25 bits per heavy atom. The lowest BCUT2D eigenvalue weighted by atomic mass is 9.99. The van der Waals surface area contributed by atoms with Crippen LogP contribution in [0.15, 0.2) is 18.2 Å². The van der Waals surface area contributed by atoms with E-state index in [2.05, 4.69) is 0 Å². The Hall–Kier alpha value is -2.22. The minimum atomic E-state index is -1.17. The quantitative estimate of drug-likeness (QED) is 0.626. The van der Waals surface area contributed by atoms with Crippen LogP contribution in [-0.4, -0.2) is 22.5 Å². The van der Waals surface area contributed by atoms with Gasteiger partial charge in [-0.2, -0.15) is 0 Å². The first-order valence-electron chi connectivity index (χ1n) is 6.01. The van der Waals surface area contributed by atoms with E-state index in [0.717, 1.165) is 18.2 Å². The summed E-state index contributed by atoms with van der Waals surface area (Å²) in [5.74, 6) is -1.46. The number of nitrogens with zero attached hydrogens (tertiary/aromatic N) is 1. The zero-order valence-corrected chi connectivity index (χ0v) is 10.5. The first-order valence-corrected chi connectivity index (χ1v) is 6.01. The van der Waals surface area contributed by atoms with Crippen molar-refractivity contribution < 1.29 is 18.8 Å². The third-order valence-electron chi connectivity index (χ3n) is 3.41. The van der Waals surface area contributed by atoms with Gasteiger partial charge in [-0.3, -0.25) is 14.9 Å². The van der Waals surface area contributed by atoms with E-state index < -0.39 is 28.3 Å². The zero-order valence-electron chi connectivity index (χ0n) is 10.5. The molecule has 0 spiro atoms. The van der Waals surface area contributed by atoms with Gasteiger partial charge in [0.25, 0.3) is 0 Å². The average molecular weight is 283 g/mol. The summed E-state index contributed by atoms with van der Waals surface area (Å²) < 4.78 is 18.6. The molecule has 7 nitrogen and oxygen atoms in total. The molecule has 20 heavy (non-hydrogen) atoms. The molecular weight excluding hydrogens is 269 g/mol. The molecule has 108 valence electrons. The molecule has 1 aliphatic carbocycles. The van der Waals surface area contributed by atoms with E-state index >= 15 is 0 Å². The molecule has 2 unspecified atom stereocenters. The van der Waals surface area contributed by atoms with E-state index in [1.807, 2.05) is 0 Å². The summed E-state index contributed by atoms with van der Waals surface area (Å²) in [5.41, 5.74) is 9.51. The number of carbonyl (C=O) groups excluding carboxylic acids is 1. The number of halogens is 1. The minimum Gasteiger partial charge on any atom is -0.483 e. The third kappa shape index (κ3) is 2.69. The van der Waals surface area contributed by atoms with Gasteiger partial charge in [0.15, 0.2) is 5.75 Å². The number of benzene rings is 1. The number of hydrogen-bond acceptors (Lipinski definition) is 5. The van der Waals surface area contributed by atoms with Crippen molar-refractivity contribution in [3.8, 4) is 5.75 Å². The molecule has 1 aromatic rings. The highest BCUT2D eigenvalue weighted by Gasteiger charge is 2.42. The molecule has 8 heteroatoms. The molecule has 2 atom stereocenters. The normalized spacial score (nSPS) is 25.4. The fourth-order valence-corrected chi connectivity index (χ4v) is 2.27. The fourth-order valence-electron chi connectivity index (χ4n) is 2.27. The lowest BCUT2D eigenvalue weighted by molar-refractivity contribution is -0.386. The highest BCUT2D eigenvalue weighted by atomic mass is 19.1. The number of carbonyl (C=O) groups is 1. The number of ether oxygens (including phenoxy) is 1. The number of hydrogen-bond donors (Lipinski definition) is 2. The van der Waals surface area contributed by atoms with Crippen LogP contribution in [0.4, 0.5) is 10.1 Å².